The summed E-state index contributed by atoms with van der Waals surface area (Å²) in [5, 5.41) is 19.3. The Kier molecular flexibility index (Phi) is 18.6. The predicted octanol–water partition coefficient (Wildman–Crippen LogP) is 8.08. The second-order valence-electron chi connectivity index (χ2n) is 8.75. The maximum absolute atomic E-state index is 9.53. The fourth-order valence-electron chi connectivity index (χ4n) is 4.03. The van der Waals surface area contributed by atoms with Crippen molar-refractivity contribution in [2.24, 2.45) is 0 Å². The van der Waals surface area contributed by atoms with E-state index in [1.165, 1.54) is 113 Å². The van der Waals surface area contributed by atoms with Gasteiger partial charge >= 0.3 is 0 Å². The molecular formula is C27H46N2O. The summed E-state index contributed by atoms with van der Waals surface area (Å²) in [6.45, 7) is 1.18. The van der Waals surface area contributed by atoms with Gasteiger partial charge in [0.2, 0.25) is 0 Å². The minimum Gasteiger partial charge on any atom is -0.314 e. The molecule has 0 aliphatic carbocycles. The lowest BCUT2D eigenvalue weighted by Gasteiger charge is -2.12. The number of unbranched alkanes of at least 4 members (excludes halogenated alkanes) is 15. The lowest BCUT2D eigenvalue weighted by atomic mass is 10.0. The van der Waals surface area contributed by atoms with E-state index in [0.29, 0.717) is 19.5 Å². The maximum Gasteiger partial charge on any atom is 0.0636 e. The van der Waals surface area contributed by atoms with E-state index in [1.54, 1.807) is 0 Å². The summed E-state index contributed by atoms with van der Waals surface area (Å²) in [6.07, 6.45) is 23.3. The molecule has 1 N–H and O–H groups in total. The van der Waals surface area contributed by atoms with Crippen molar-refractivity contribution in [3.8, 4) is 6.07 Å². The highest BCUT2D eigenvalue weighted by molar-refractivity contribution is 5.14. The van der Waals surface area contributed by atoms with E-state index in [2.05, 4.69) is 36.4 Å². The number of hydrogen-bond acceptors (Lipinski definition) is 3. The Morgan fingerprint density at radius 2 is 1.03 bits per heavy atom. The fraction of sp³-hybridized carbons (Fsp3) is 0.741. The van der Waals surface area contributed by atoms with E-state index >= 15 is 0 Å². The van der Waals surface area contributed by atoms with Gasteiger partial charge in [-0.15, -0.1) is 0 Å². The Morgan fingerprint density at radius 3 is 1.50 bits per heavy atom. The van der Waals surface area contributed by atoms with E-state index in [-0.39, 0.29) is 0 Å². The monoisotopic (exact) mass is 414 g/mol. The van der Waals surface area contributed by atoms with E-state index < -0.39 is 0 Å². The lowest BCUT2D eigenvalue weighted by molar-refractivity contribution is -0.0897. The van der Waals surface area contributed by atoms with Gasteiger partial charge in [-0.25, -0.2) is 0 Å². The van der Waals surface area contributed by atoms with Crippen LogP contribution in [0, 0.1) is 11.3 Å². The topological polar surface area (TPSA) is 47.3 Å². The Labute approximate surface area is 186 Å². The minimum atomic E-state index is 0.408. The zero-order chi connectivity index (χ0) is 21.5. The van der Waals surface area contributed by atoms with E-state index in [4.69, 9.17) is 5.26 Å². The van der Waals surface area contributed by atoms with Crippen LogP contribution in [0.3, 0.4) is 0 Å². The summed E-state index contributed by atoms with van der Waals surface area (Å²) in [4.78, 5) is 0. The first-order chi connectivity index (χ1) is 14.8. The van der Waals surface area contributed by atoms with Gasteiger partial charge in [0.1, 0.15) is 0 Å². The zero-order valence-electron chi connectivity index (χ0n) is 19.4. The first kappa shape index (κ1) is 26.7. The molecule has 0 aliphatic rings. The average molecular weight is 415 g/mol. The summed E-state index contributed by atoms with van der Waals surface area (Å²) >= 11 is 0. The number of nitriles is 1. The fourth-order valence-corrected chi connectivity index (χ4v) is 4.03. The van der Waals surface area contributed by atoms with Crippen molar-refractivity contribution in [2.75, 3.05) is 13.1 Å². The van der Waals surface area contributed by atoms with Crippen molar-refractivity contribution < 1.29 is 5.21 Å². The van der Waals surface area contributed by atoms with Crippen molar-refractivity contribution in [3.63, 3.8) is 0 Å². The molecule has 0 atom stereocenters. The van der Waals surface area contributed by atoms with Crippen LogP contribution in [0.4, 0.5) is 0 Å². The van der Waals surface area contributed by atoms with Crippen molar-refractivity contribution in [1.29, 1.82) is 5.26 Å². The molecule has 170 valence electrons. The summed E-state index contributed by atoms with van der Waals surface area (Å²) in [6, 6.07) is 12.9. The number of nitrogens with zero attached hydrogens (tertiary/aromatic N) is 2. The molecule has 0 aliphatic heterocycles. The Balaban J connectivity index is 1.69. The molecule has 0 saturated heterocycles. The molecule has 0 fully saturated rings. The zero-order valence-corrected chi connectivity index (χ0v) is 19.4. The smallest absolute Gasteiger partial charge is 0.0636 e. The van der Waals surface area contributed by atoms with Crippen LogP contribution >= 0.6 is 0 Å². The molecular weight excluding hydrogens is 368 g/mol. The van der Waals surface area contributed by atoms with Gasteiger partial charge in [-0.2, -0.15) is 10.3 Å². The van der Waals surface area contributed by atoms with Gasteiger partial charge in [0, 0.05) is 13.1 Å². The quantitative estimate of drug-likeness (QED) is 0.163. The first-order valence-corrected chi connectivity index (χ1v) is 12.7. The molecule has 0 spiro atoms. The van der Waals surface area contributed by atoms with Crippen LogP contribution in [0.1, 0.15) is 115 Å². The highest BCUT2D eigenvalue weighted by atomic mass is 16.5. The van der Waals surface area contributed by atoms with Gasteiger partial charge in [0.25, 0.3) is 0 Å². The van der Waals surface area contributed by atoms with Crippen LogP contribution in [0.25, 0.3) is 0 Å². The molecule has 3 nitrogen and oxygen atoms in total. The number of aryl methyl sites for hydroxylation is 1. The molecule has 0 saturated carbocycles. The minimum absolute atomic E-state index is 0.408. The second-order valence-corrected chi connectivity index (χ2v) is 8.75. The van der Waals surface area contributed by atoms with Crippen LogP contribution in [0.5, 0.6) is 0 Å². The second kappa shape index (κ2) is 20.9. The van der Waals surface area contributed by atoms with Crippen LogP contribution in [-0.2, 0) is 6.42 Å². The van der Waals surface area contributed by atoms with E-state index in [9.17, 15) is 5.21 Å². The highest BCUT2D eigenvalue weighted by Gasteiger charge is 1.99. The number of benzene rings is 1. The van der Waals surface area contributed by atoms with Crippen LogP contribution in [0.15, 0.2) is 30.3 Å². The van der Waals surface area contributed by atoms with Gasteiger partial charge < -0.3 is 5.21 Å². The predicted molar refractivity (Wildman–Crippen MR) is 128 cm³/mol. The number of hydrogen-bond donors (Lipinski definition) is 1. The summed E-state index contributed by atoms with van der Waals surface area (Å²) in [5.41, 5.74) is 1.49. The van der Waals surface area contributed by atoms with Crippen molar-refractivity contribution >= 4 is 0 Å². The van der Waals surface area contributed by atoms with Gasteiger partial charge in [-0.05, 0) is 24.8 Å². The third-order valence-corrected chi connectivity index (χ3v) is 5.96. The highest BCUT2D eigenvalue weighted by Crippen LogP contribution is 2.14. The van der Waals surface area contributed by atoms with E-state index in [0.717, 1.165) is 6.42 Å². The normalized spacial score (nSPS) is 11.1. The third kappa shape index (κ3) is 17.5. The van der Waals surface area contributed by atoms with Crippen molar-refractivity contribution in [2.45, 2.75) is 116 Å². The average Bonchev–Trinajstić information content (AvgIpc) is 2.77. The Morgan fingerprint density at radius 1 is 0.600 bits per heavy atom. The molecule has 1 aromatic rings. The van der Waals surface area contributed by atoms with Gasteiger partial charge in [-0.1, -0.05) is 120 Å². The largest absolute Gasteiger partial charge is 0.314 e. The van der Waals surface area contributed by atoms with Crippen LogP contribution in [0.2, 0.25) is 0 Å². The number of rotatable bonds is 21. The molecule has 3 heteroatoms. The van der Waals surface area contributed by atoms with E-state index in [1.807, 2.05) is 0 Å². The third-order valence-electron chi connectivity index (χ3n) is 5.96. The summed E-state index contributed by atoms with van der Waals surface area (Å²) < 4.78 is 0. The van der Waals surface area contributed by atoms with Gasteiger partial charge in [0.05, 0.1) is 12.5 Å². The molecule has 0 aromatic heterocycles. The first-order valence-electron chi connectivity index (χ1n) is 12.7. The maximum atomic E-state index is 9.53. The lowest BCUT2D eigenvalue weighted by Crippen LogP contribution is -2.21. The van der Waals surface area contributed by atoms with Crippen LogP contribution < -0.4 is 0 Å². The van der Waals surface area contributed by atoms with Crippen molar-refractivity contribution in [3.05, 3.63) is 35.9 Å². The summed E-state index contributed by atoms with van der Waals surface area (Å²) in [7, 11) is 0. The molecule has 0 heterocycles. The van der Waals surface area contributed by atoms with Gasteiger partial charge in [-0.3, -0.25) is 0 Å². The number of hydroxylamine groups is 2. The molecule has 0 amide bonds. The molecule has 0 radical (unpaired) electrons. The van der Waals surface area contributed by atoms with Crippen molar-refractivity contribution in [1.82, 2.24) is 5.06 Å². The Hall–Kier alpha value is -1.37. The van der Waals surface area contributed by atoms with Gasteiger partial charge in [0.15, 0.2) is 0 Å². The Bertz CT molecular complexity index is 511. The molecule has 0 bridgehead atoms. The van der Waals surface area contributed by atoms with Crippen LogP contribution in [-0.4, -0.2) is 23.4 Å². The SMILES string of the molecule is N#CCCN(O)CCCCCCCCCCCCCCCCCCc1ccccc1. The molecule has 30 heavy (non-hydrogen) atoms. The summed E-state index contributed by atoms with van der Waals surface area (Å²) in [5.74, 6) is 0. The molecule has 0 unspecified atom stereocenters. The molecule has 1 rings (SSSR count). The standard InChI is InChI=1S/C27H46N2O/c28-24-20-26-29(30)25-19-14-12-10-8-6-4-2-1-3-5-7-9-11-13-16-21-27-22-17-15-18-23-27/h15,17-18,22-23,30H,1-14,16,19-21,25-26H2. The molecule has 1 aromatic carbocycles.